The molecule has 0 bridgehead atoms. The van der Waals surface area contributed by atoms with Crippen molar-refractivity contribution in [3.8, 4) is 0 Å². The molecule has 1 rings (SSSR count). The number of allylic oxidation sites excluding steroid dienone is 2. The molecule has 0 unspecified atom stereocenters. The second kappa shape index (κ2) is 6.50. The first kappa shape index (κ1) is 14.7. The number of carbonyl (C=O) groups excluding carboxylic acids is 1. The van der Waals surface area contributed by atoms with Gasteiger partial charge in [0.15, 0.2) is 5.78 Å². The fraction of sp³-hybridized carbons (Fsp3) is 0.438. The van der Waals surface area contributed by atoms with Crippen molar-refractivity contribution in [1.82, 2.24) is 0 Å². The van der Waals surface area contributed by atoms with Gasteiger partial charge in [-0.3, -0.25) is 4.79 Å². The van der Waals surface area contributed by atoms with E-state index in [0.717, 1.165) is 23.1 Å². The van der Waals surface area contributed by atoms with Crippen molar-refractivity contribution < 1.29 is 4.79 Å². The standard InChI is InChI=1S/C16H23NO/c1-11(2)16(13(4)18)12(3)15-7-5-6-14(10-15)8-9-17/h5-7,10-11H,8-9,17H2,1-4H3. The SMILES string of the molecule is CC(=O)C(=C(C)c1cccc(CCN)c1)C(C)C. The van der Waals surface area contributed by atoms with E-state index in [-0.39, 0.29) is 11.7 Å². The van der Waals surface area contributed by atoms with Gasteiger partial charge in [-0.15, -0.1) is 0 Å². The third-order valence-electron chi connectivity index (χ3n) is 3.15. The summed E-state index contributed by atoms with van der Waals surface area (Å²) in [6, 6.07) is 8.29. The van der Waals surface area contributed by atoms with Crippen molar-refractivity contribution in [2.45, 2.75) is 34.1 Å². The fourth-order valence-electron chi connectivity index (χ4n) is 2.39. The number of Topliss-reactive ketones (excluding diaryl/α,β-unsaturated/α-hetero) is 1. The van der Waals surface area contributed by atoms with Crippen molar-refractivity contribution in [1.29, 1.82) is 0 Å². The van der Waals surface area contributed by atoms with Gasteiger partial charge in [0.05, 0.1) is 0 Å². The lowest BCUT2D eigenvalue weighted by Crippen LogP contribution is -2.07. The smallest absolute Gasteiger partial charge is 0.156 e. The summed E-state index contributed by atoms with van der Waals surface area (Å²) in [7, 11) is 0. The molecule has 0 aliphatic rings. The highest BCUT2D eigenvalue weighted by molar-refractivity contribution is 6.01. The minimum absolute atomic E-state index is 0.159. The summed E-state index contributed by atoms with van der Waals surface area (Å²) < 4.78 is 0. The Morgan fingerprint density at radius 2 is 1.94 bits per heavy atom. The molecule has 2 heteroatoms. The highest BCUT2D eigenvalue weighted by atomic mass is 16.1. The monoisotopic (exact) mass is 245 g/mol. The Labute approximate surface area is 110 Å². The number of rotatable bonds is 5. The molecule has 0 aliphatic heterocycles. The molecule has 0 fully saturated rings. The van der Waals surface area contributed by atoms with Gasteiger partial charge in [-0.25, -0.2) is 0 Å². The largest absolute Gasteiger partial charge is 0.330 e. The van der Waals surface area contributed by atoms with Gasteiger partial charge in [0, 0.05) is 5.57 Å². The average molecular weight is 245 g/mol. The van der Waals surface area contributed by atoms with E-state index in [0.29, 0.717) is 6.54 Å². The maximum absolute atomic E-state index is 11.7. The van der Waals surface area contributed by atoms with Crippen LogP contribution in [0, 0.1) is 5.92 Å². The topological polar surface area (TPSA) is 43.1 Å². The molecule has 0 amide bonds. The molecule has 18 heavy (non-hydrogen) atoms. The number of carbonyl (C=O) groups is 1. The van der Waals surface area contributed by atoms with Crippen molar-refractivity contribution in [3.05, 3.63) is 41.0 Å². The van der Waals surface area contributed by atoms with E-state index < -0.39 is 0 Å². The summed E-state index contributed by atoms with van der Waals surface area (Å²) in [5.41, 5.74) is 9.92. The lowest BCUT2D eigenvalue weighted by Gasteiger charge is -2.14. The van der Waals surface area contributed by atoms with Gasteiger partial charge in [-0.05, 0) is 49.4 Å². The highest BCUT2D eigenvalue weighted by Crippen LogP contribution is 2.25. The second-order valence-corrected chi connectivity index (χ2v) is 4.99. The molecule has 2 N–H and O–H groups in total. The van der Waals surface area contributed by atoms with Crippen LogP contribution in [0.15, 0.2) is 29.8 Å². The van der Waals surface area contributed by atoms with Crippen molar-refractivity contribution in [3.63, 3.8) is 0 Å². The van der Waals surface area contributed by atoms with Gasteiger partial charge in [0.25, 0.3) is 0 Å². The van der Waals surface area contributed by atoms with Gasteiger partial charge in [-0.2, -0.15) is 0 Å². The predicted molar refractivity (Wildman–Crippen MR) is 77.3 cm³/mol. The summed E-state index contributed by atoms with van der Waals surface area (Å²) in [6.45, 7) is 8.44. The maximum atomic E-state index is 11.7. The van der Waals surface area contributed by atoms with Crippen LogP contribution in [0.3, 0.4) is 0 Å². The van der Waals surface area contributed by atoms with Crippen LogP contribution in [0.5, 0.6) is 0 Å². The van der Waals surface area contributed by atoms with Crippen LogP contribution in [0.2, 0.25) is 0 Å². The summed E-state index contributed by atoms with van der Waals surface area (Å²) >= 11 is 0. The van der Waals surface area contributed by atoms with Gasteiger partial charge < -0.3 is 5.73 Å². The van der Waals surface area contributed by atoms with Crippen molar-refractivity contribution in [2.24, 2.45) is 11.7 Å². The molecular weight excluding hydrogens is 222 g/mol. The first-order valence-electron chi connectivity index (χ1n) is 6.48. The number of nitrogens with two attached hydrogens (primary N) is 1. The molecule has 0 radical (unpaired) electrons. The molecule has 1 aromatic rings. The zero-order valence-corrected chi connectivity index (χ0v) is 11.8. The normalized spacial score (nSPS) is 12.6. The minimum Gasteiger partial charge on any atom is -0.330 e. The number of benzene rings is 1. The van der Waals surface area contributed by atoms with Crippen LogP contribution in [0.1, 0.15) is 38.8 Å². The molecule has 0 aromatic heterocycles. The zero-order valence-electron chi connectivity index (χ0n) is 11.8. The van der Waals surface area contributed by atoms with Crippen LogP contribution >= 0.6 is 0 Å². The van der Waals surface area contributed by atoms with Gasteiger partial charge in [0.1, 0.15) is 0 Å². The quantitative estimate of drug-likeness (QED) is 0.809. The molecule has 0 aliphatic carbocycles. The third kappa shape index (κ3) is 3.54. The average Bonchev–Trinajstić information content (AvgIpc) is 2.28. The molecule has 0 saturated carbocycles. The Morgan fingerprint density at radius 1 is 1.28 bits per heavy atom. The van der Waals surface area contributed by atoms with Crippen LogP contribution in [-0.4, -0.2) is 12.3 Å². The molecule has 0 atom stereocenters. The fourth-order valence-corrected chi connectivity index (χ4v) is 2.39. The molecular formula is C16H23NO. The first-order valence-corrected chi connectivity index (χ1v) is 6.48. The lowest BCUT2D eigenvalue weighted by atomic mass is 9.90. The Hall–Kier alpha value is -1.41. The van der Waals surface area contributed by atoms with Crippen LogP contribution in [-0.2, 0) is 11.2 Å². The third-order valence-corrected chi connectivity index (χ3v) is 3.15. The van der Waals surface area contributed by atoms with Crippen LogP contribution in [0.25, 0.3) is 5.57 Å². The first-order chi connectivity index (χ1) is 8.47. The van der Waals surface area contributed by atoms with Gasteiger partial charge in [-0.1, -0.05) is 38.1 Å². The predicted octanol–water partition coefficient (Wildman–Crippen LogP) is 3.21. The van der Waals surface area contributed by atoms with E-state index in [2.05, 4.69) is 32.0 Å². The van der Waals surface area contributed by atoms with E-state index in [1.54, 1.807) is 6.92 Å². The summed E-state index contributed by atoms with van der Waals surface area (Å²) in [5.74, 6) is 0.410. The summed E-state index contributed by atoms with van der Waals surface area (Å²) in [6.07, 6.45) is 0.873. The molecule has 0 spiro atoms. The van der Waals surface area contributed by atoms with E-state index in [4.69, 9.17) is 5.73 Å². The van der Waals surface area contributed by atoms with Crippen LogP contribution < -0.4 is 5.73 Å². The molecule has 98 valence electrons. The number of ketones is 1. The Bertz CT molecular complexity index is 458. The lowest BCUT2D eigenvalue weighted by molar-refractivity contribution is -0.113. The summed E-state index contributed by atoms with van der Waals surface area (Å²) in [4.78, 5) is 11.7. The van der Waals surface area contributed by atoms with E-state index in [1.807, 2.05) is 13.0 Å². The maximum Gasteiger partial charge on any atom is 0.156 e. The zero-order chi connectivity index (χ0) is 13.7. The van der Waals surface area contributed by atoms with Crippen molar-refractivity contribution in [2.75, 3.05) is 6.54 Å². The summed E-state index contributed by atoms with van der Waals surface area (Å²) in [5, 5.41) is 0. The van der Waals surface area contributed by atoms with E-state index >= 15 is 0 Å². The van der Waals surface area contributed by atoms with E-state index in [1.165, 1.54) is 5.56 Å². The molecule has 0 saturated heterocycles. The minimum atomic E-state index is 0.159. The highest BCUT2D eigenvalue weighted by Gasteiger charge is 2.13. The Kier molecular flexibility index (Phi) is 5.29. The Balaban J connectivity index is 3.22. The second-order valence-electron chi connectivity index (χ2n) is 4.99. The Morgan fingerprint density at radius 3 is 2.44 bits per heavy atom. The number of hydrogen-bond acceptors (Lipinski definition) is 2. The van der Waals surface area contributed by atoms with E-state index in [9.17, 15) is 4.79 Å². The van der Waals surface area contributed by atoms with Gasteiger partial charge in [0.2, 0.25) is 0 Å². The molecule has 2 nitrogen and oxygen atoms in total. The number of hydrogen-bond donors (Lipinski definition) is 1. The molecule has 0 heterocycles. The van der Waals surface area contributed by atoms with Crippen molar-refractivity contribution >= 4 is 11.4 Å². The van der Waals surface area contributed by atoms with Crippen LogP contribution in [0.4, 0.5) is 0 Å². The van der Waals surface area contributed by atoms with Gasteiger partial charge >= 0.3 is 0 Å². The molecule has 1 aromatic carbocycles.